The molecule has 0 aliphatic carbocycles. The highest BCUT2D eigenvalue weighted by Gasteiger charge is 2.35. The number of piperidine rings is 1. The first-order valence-corrected chi connectivity index (χ1v) is 17.7. The zero-order valence-corrected chi connectivity index (χ0v) is 30.4. The van der Waals surface area contributed by atoms with Crippen LogP contribution in [0.4, 0.5) is 18.0 Å². The van der Waals surface area contributed by atoms with Crippen LogP contribution in [-0.2, 0) is 32.0 Å². The molecule has 1 fully saturated rings. The highest BCUT2D eigenvalue weighted by atomic mass is 19.4. The van der Waals surface area contributed by atoms with E-state index in [4.69, 9.17) is 4.74 Å². The van der Waals surface area contributed by atoms with Crippen molar-refractivity contribution in [2.24, 2.45) is 11.8 Å². The molecule has 1 saturated heterocycles. The second-order valence-corrected chi connectivity index (χ2v) is 13.4. The van der Waals surface area contributed by atoms with Crippen molar-refractivity contribution in [3.8, 4) is 5.75 Å². The van der Waals surface area contributed by atoms with Gasteiger partial charge in [-0.25, -0.2) is 4.79 Å². The van der Waals surface area contributed by atoms with Gasteiger partial charge in [0.2, 0.25) is 11.8 Å². The topological polar surface area (TPSA) is 158 Å². The Balaban J connectivity index is 1.87. The summed E-state index contributed by atoms with van der Waals surface area (Å²) in [5.74, 6) is -3.00. The summed E-state index contributed by atoms with van der Waals surface area (Å²) >= 11 is 0. The molecule has 4 unspecified atom stereocenters. The summed E-state index contributed by atoms with van der Waals surface area (Å²) in [5.41, 5.74) is 1.24. The van der Waals surface area contributed by atoms with Gasteiger partial charge < -0.3 is 40.7 Å². The molecule has 0 saturated carbocycles. The normalized spacial score (nSPS) is 16.6. The molecule has 5 N–H and O–H groups in total. The lowest BCUT2D eigenvalue weighted by atomic mass is 9.88. The molecular formula is C37H52F3N5O7. The Morgan fingerprint density at radius 3 is 2.08 bits per heavy atom. The molecule has 1 aliphatic rings. The van der Waals surface area contributed by atoms with E-state index >= 15 is 0 Å². The molecule has 52 heavy (non-hydrogen) atoms. The van der Waals surface area contributed by atoms with Crippen molar-refractivity contribution in [3.63, 3.8) is 0 Å². The van der Waals surface area contributed by atoms with Crippen LogP contribution in [0.15, 0.2) is 54.6 Å². The van der Waals surface area contributed by atoms with E-state index in [0.717, 1.165) is 37.1 Å². The van der Waals surface area contributed by atoms with Crippen LogP contribution in [0.1, 0.15) is 58.1 Å². The number of nitrogens with one attached hydrogen (secondary N) is 4. The second kappa shape index (κ2) is 20.0. The maximum absolute atomic E-state index is 14.1. The van der Waals surface area contributed by atoms with Crippen molar-refractivity contribution < 1.29 is 46.9 Å². The van der Waals surface area contributed by atoms with E-state index in [9.17, 15) is 37.5 Å². The van der Waals surface area contributed by atoms with Crippen molar-refractivity contribution in [2.75, 3.05) is 26.7 Å². The Morgan fingerprint density at radius 2 is 1.52 bits per heavy atom. The van der Waals surface area contributed by atoms with E-state index in [1.54, 1.807) is 29.2 Å². The predicted molar refractivity (Wildman–Crippen MR) is 188 cm³/mol. The molecule has 1 heterocycles. The number of carbonyl (C=O) groups is 4. The number of nitrogens with zero attached hydrogens (tertiary/aromatic N) is 1. The summed E-state index contributed by atoms with van der Waals surface area (Å²) in [6.45, 7) is 8.96. The third-order valence-electron chi connectivity index (χ3n) is 9.03. The lowest BCUT2D eigenvalue weighted by molar-refractivity contribution is -0.274. The van der Waals surface area contributed by atoms with Gasteiger partial charge in [-0.1, -0.05) is 63.2 Å². The quantitative estimate of drug-likeness (QED) is 0.165. The maximum atomic E-state index is 14.1. The summed E-state index contributed by atoms with van der Waals surface area (Å²) in [5, 5.41) is 23.0. The lowest BCUT2D eigenvalue weighted by Crippen LogP contribution is -2.55. The first-order chi connectivity index (χ1) is 24.6. The lowest BCUT2D eigenvalue weighted by Gasteiger charge is -2.36. The van der Waals surface area contributed by atoms with Gasteiger partial charge in [-0.15, -0.1) is 13.2 Å². The number of halogens is 3. The molecule has 288 valence electrons. The predicted octanol–water partition coefficient (Wildman–Crippen LogP) is 3.71. The number of rotatable bonds is 17. The van der Waals surface area contributed by atoms with E-state index in [1.165, 1.54) is 26.1 Å². The summed E-state index contributed by atoms with van der Waals surface area (Å²) in [6.07, 6.45) is -6.83. The minimum absolute atomic E-state index is 0.0154. The molecule has 4 amide bonds. The van der Waals surface area contributed by atoms with Gasteiger partial charge in [-0.2, -0.15) is 0 Å². The van der Waals surface area contributed by atoms with Gasteiger partial charge in [-0.3, -0.25) is 14.4 Å². The van der Waals surface area contributed by atoms with Crippen LogP contribution in [-0.4, -0.2) is 97.2 Å². The van der Waals surface area contributed by atoms with E-state index in [2.05, 4.69) is 26.0 Å². The fourth-order valence-corrected chi connectivity index (χ4v) is 6.18. The Hall–Kier alpha value is -4.37. The summed E-state index contributed by atoms with van der Waals surface area (Å²) in [6, 6.07) is 12.5. The molecule has 12 nitrogen and oxygen atoms in total. The van der Waals surface area contributed by atoms with Crippen LogP contribution < -0.4 is 26.0 Å². The van der Waals surface area contributed by atoms with Crippen molar-refractivity contribution >= 4 is 23.8 Å². The molecule has 0 radical (unpaired) electrons. The minimum Gasteiger partial charge on any atom is -0.436 e. The van der Waals surface area contributed by atoms with Gasteiger partial charge in [0.15, 0.2) is 6.10 Å². The number of aliphatic hydroxyl groups excluding tert-OH is 1. The molecule has 2 aromatic carbocycles. The van der Waals surface area contributed by atoms with Crippen molar-refractivity contribution in [1.29, 1.82) is 0 Å². The van der Waals surface area contributed by atoms with Gasteiger partial charge in [0, 0.05) is 32.1 Å². The van der Waals surface area contributed by atoms with E-state index < -0.39 is 60.2 Å². The highest BCUT2D eigenvalue weighted by Crippen LogP contribution is 2.25. The molecule has 0 spiro atoms. The first kappa shape index (κ1) is 42.0. The van der Waals surface area contributed by atoms with Crippen LogP contribution in [0, 0.1) is 11.8 Å². The van der Waals surface area contributed by atoms with Gasteiger partial charge >= 0.3 is 12.5 Å². The van der Waals surface area contributed by atoms with Gasteiger partial charge in [0.05, 0.1) is 12.1 Å². The van der Waals surface area contributed by atoms with Crippen molar-refractivity contribution in [3.05, 3.63) is 65.7 Å². The number of likely N-dealkylation sites (N-methyl/N-ethyl adjacent to an activating group) is 1. The second-order valence-electron chi connectivity index (χ2n) is 13.4. The molecule has 0 bridgehead atoms. The van der Waals surface area contributed by atoms with Gasteiger partial charge in [0.1, 0.15) is 11.8 Å². The Labute approximate surface area is 303 Å². The van der Waals surface area contributed by atoms with Gasteiger partial charge in [-0.05, 0) is 74.8 Å². The molecule has 2 aromatic rings. The standard InChI is InChI=1S/C37H52F3N5O7/c1-6-42-28-16-18-45(19-17-28)35(49)32(23(2)3)44-34(48)27(20-26-12-14-29(15-13-26)52-37(38,39)40)22-31(46)30(21-25-10-8-7-9-11-25)43-36(50)51-24(4)33(47)41-5/h7-15,23-24,27-28,30-32,42,46H,6,16-22H2,1-5H3,(H,41,47)(H,43,50)(H,44,48)/t24-,27?,30?,31?,32?/m0/s1. The number of alkyl halides is 3. The summed E-state index contributed by atoms with van der Waals surface area (Å²) in [4.78, 5) is 54.4. The summed E-state index contributed by atoms with van der Waals surface area (Å²) < 4.78 is 47.6. The average molecular weight is 736 g/mol. The number of benzene rings is 2. The van der Waals surface area contributed by atoms with Crippen molar-refractivity contribution in [2.45, 2.75) is 96.5 Å². The Kier molecular flexibility index (Phi) is 16.2. The monoisotopic (exact) mass is 735 g/mol. The van der Waals surface area contributed by atoms with Crippen LogP contribution >= 0.6 is 0 Å². The number of hydrogen-bond donors (Lipinski definition) is 5. The maximum Gasteiger partial charge on any atom is 0.573 e. The zero-order valence-electron chi connectivity index (χ0n) is 30.4. The zero-order chi connectivity index (χ0) is 38.4. The number of carbonyl (C=O) groups excluding carboxylic acids is 4. The third-order valence-corrected chi connectivity index (χ3v) is 9.03. The summed E-state index contributed by atoms with van der Waals surface area (Å²) in [7, 11) is 1.40. The number of likely N-dealkylation sites (tertiary alicyclic amines) is 1. The van der Waals surface area contributed by atoms with Crippen LogP contribution in [0.2, 0.25) is 0 Å². The first-order valence-electron chi connectivity index (χ1n) is 17.7. The van der Waals surface area contributed by atoms with E-state index in [1.807, 2.05) is 26.8 Å². The smallest absolute Gasteiger partial charge is 0.436 e. The van der Waals surface area contributed by atoms with E-state index in [0.29, 0.717) is 24.7 Å². The molecule has 5 atom stereocenters. The molecular weight excluding hydrogens is 683 g/mol. The number of aliphatic hydroxyl groups is 1. The largest absolute Gasteiger partial charge is 0.573 e. The van der Waals surface area contributed by atoms with Crippen LogP contribution in [0.5, 0.6) is 5.75 Å². The third kappa shape index (κ3) is 13.6. The average Bonchev–Trinajstić information content (AvgIpc) is 3.10. The fraction of sp³-hybridized carbons (Fsp3) is 0.568. The van der Waals surface area contributed by atoms with E-state index in [-0.39, 0.29) is 31.1 Å². The molecule has 3 rings (SSSR count). The SMILES string of the molecule is CCNC1CCN(C(=O)C(NC(=O)C(Cc2ccc(OC(F)(F)F)cc2)CC(O)C(Cc2ccccc2)NC(=O)O[C@@H](C)C(=O)NC)C(C)C)CC1. The highest BCUT2D eigenvalue weighted by molar-refractivity contribution is 5.89. The Morgan fingerprint density at radius 1 is 0.904 bits per heavy atom. The number of alkyl carbamates (subject to hydrolysis) is 1. The number of amides is 4. The van der Waals surface area contributed by atoms with Crippen LogP contribution in [0.25, 0.3) is 0 Å². The van der Waals surface area contributed by atoms with Gasteiger partial charge in [0.25, 0.3) is 5.91 Å². The minimum atomic E-state index is -4.88. The Bertz CT molecular complexity index is 1440. The van der Waals surface area contributed by atoms with Crippen LogP contribution in [0.3, 0.4) is 0 Å². The number of hydrogen-bond acceptors (Lipinski definition) is 8. The van der Waals surface area contributed by atoms with Crippen molar-refractivity contribution in [1.82, 2.24) is 26.2 Å². The molecule has 0 aromatic heterocycles. The fourth-order valence-electron chi connectivity index (χ4n) is 6.18. The molecule has 1 aliphatic heterocycles. The molecule has 15 heteroatoms. The number of ether oxygens (including phenoxy) is 2.